The first-order chi connectivity index (χ1) is 16.5. The van der Waals surface area contributed by atoms with Gasteiger partial charge in [-0.15, -0.1) is 0 Å². The van der Waals surface area contributed by atoms with Crippen molar-refractivity contribution in [2.75, 3.05) is 0 Å². The zero-order chi connectivity index (χ0) is 26.9. The molecule has 1 saturated carbocycles. The third kappa shape index (κ3) is 7.05. The molecule has 0 spiro atoms. The summed E-state index contributed by atoms with van der Waals surface area (Å²) in [6, 6.07) is 11.0. The van der Waals surface area contributed by atoms with Gasteiger partial charge < -0.3 is 10.4 Å². The molecule has 36 heavy (non-hydrogen) atoms. The van der Waals surface area contributed by atoms with Gasteiger partial charge in [0.2, 0.25) is 5.91 Å². The maximum absolute atomic E-state index is 14.5. The first kappa shape index (κ1) is 27.6. The Morgan fingerprint density at radius 2 is 1.67 bits per heavy atom. The van der Waals surface area contributed by atoms with Gasteiger partial charge in [0, 0.05) is 6.42 Å². The summed E-state index contributed by atoms with van der Waals surface area (Å²) in [6.07, 6.45) is -4.47. The Morgan fingerprint density at radius 1 is 1.06 bits per heavy atom. The van der Waals surface area contributed by atoms with E-state index in [0.29, 0.717) is 24.0 Å². The smallest absolute Gasteiger partial charge is 0.386 e. The van der Waals surface area contributed by atoms with Gasteiger partial charge in [-0.05, 0) is 68.9 Å². The van der Waals surface area contributed by atoms with Gasteiger partial charge in [-0.2, -0.15) is 18.4 Å². The lowest BCUT2D eigenvalue weighted by atomic mass is 9.93. The second kappa shape index (κ2) is 9.83. The van der Waals surface area contributed by atoms with Crippen LogP contribution < -0.4 is 10.6 Å². The number of aliphatic hydroxyl groups is 1. The first-order valence-electron chi connectivity index (χ1n) is 11.7. The number of alkyl halides is 4. The van der Waals surface area contributed by atoms with Crippen molar-refractivity contribution >= 4 is 5.91 Å². The fourth-order valence-electron chi connectivity index (χ4n) is 3.95. The van der Waals surface area contributed by atoms with Crippen LogP contribution >= 0.6 is 0 Å². The van der Waals surface area contributed by atoms with Crippen molar-refractivity contribution in [3.8, 4) is 17.2 Å². The van der Waals surface area contributed by atoms with E-state index >= 15 is 0 Å². The predicted molar refractivity (Wildman–Crippen MR) is 128 cm³/mol. The number of carbonyl (C=O) groups excluding carboxylic acids is 1. The standard InChI is InChI=1S/C27H31F4N3O2/c1-24(2,28)15-21(23(35)34-26(16-32)12-13-26)33-22(27(29,30)31)18-10-8-17(9-11-18)19-6-5-7-20(14-19)25(3,4)36/h5-11,14,21-22,33,36H,12-13,15H2,1-4H3,(H,34,35)/t21-,22-/m0/s1. The van der Waals surface area contributed by atoms with Gasteiger partial charge in [0.15, 0.2) is 0 Å². The lowest BCUT2D eigenvalue weighted by Gasteiger charge is -2.30. The van der Waals surface area contributed by atoms with E-state index in [9.17, 15) is 32.7 Å². The van der Waals surface area contributed by atoms with Crippen molar-refractivity contribution in [3.05, 3.63) is 59.7 Å². The zero-order valence-corrected chi connectivity index (χ0v) is 20.7. The molecule has 0 aromatic heterocycles. The molecule has 2 aromatic rings. The van der Waals surface area contributed by atoms with Crippen LogP contribution in [-0.2, 0) is 10.4 Å². The van der Waals surface area contributed by atoms with Gasteiger partial charge in [-0.25, -0.2) is 4.39 Å². The summed E-state index contributed by atoms with van der Waals surface area (Å²) in [7, 11) is 0. The molecule has 0 unspecified atom stereocenters. The fraction of sp³-hybridized carbons (Fsp3) is 0.481. The van der Waals surface area contributed by atoms with Crippen molar-refractivity contribution in [3.63, 3.8) is 0 Å². The molecular formula is C27H31F4N3O2. The number of rotatable bonds is 9. The highest BCUT2D eigenvalue weighted by molar-refractivity contribution is 5.83. The highest BCUT2D eigenvalue weighted by Crippen LogP contribution is 2.37. The molecular weight excluding hydrogens is 474 g/mol. The monoisotopic (exact) mass is 505 g/mol. The van der Waals surface area contributed by atoms with Gasteiger partial charge in [0.25, 0.3) is 0 Å². The maximum Gasteiger partial charge on any atom is 0.407 e. The molecule has 0 radical (unpaired) electrons. The summed E-state index contributed by atoms with van der Waals surface area (Å²) in [5.41, 5.74) is -2.21. The van der Waals surface area contributed by atoms with Gasteiger partial charge in [-0.3, -0.25) is 10.1 Å². The fourth-order valence-corrected chi connectivity index (χ4v) is 3.95. The predicted octanol–water partition coefficient (Wildman–Crippen LogP) is 5.45. The number of carbonyl (C=O) groups is 1. The molecule has 0 heterocycles. The van der Waals surface area contributed by atoms with Crippen LogP contribution in [0.25, 0.3) is 11.1 Å². The summed E-state index contributed by atoms with van der Waals surface area (Å²) in [5.74, 6) is -0.839. The number of nitriles is 1. The second-order valence-corrected chi connectivity index (χ2v) is 10.6. The van der Waals surface area contributed by atoms with E-state index in [1.165, 1.54) is 38.1 Å². The molecule has 3 rings (SSSR count). The average Bonchev–Trinajstić information content (AvgIpc) is 3.54. The van der Waals surface area contributed by atoms with Crippen molar-refractivity contribution in [2.45, 2.75) is 82.0 Å². The molecule has 1 aliphatic carbocycles. The Labute approximate surface area is 208 Å². The number of nitrogens with one attached hydrogen (secondary N) is 2. The topological polar surface area (TPSA) is 85.2 Å². The van der Waals surface area contributed by atoms with Crippen LogP contribution in [0, 0.1) is 11.3 Å². The number of amides is 1. The van der Waals surface area contributed by atoms with Gasteiger partial charge >= 0.3 is 6.18 Å². The molecule has 9 heteroatoms. The summed E-state index contributed by atoms with van der Waals surface area (Å²) in [6.45, 7) is 5.65. The lowest BCUT2D eigenvalue weighted by molar-refractivity contribution is -0.161. The Morgan fingerprint density at radius 3 is 2.14 bits per heavy atom. The minimum atomic E-state index is -4.77. The summed E-state index contributed by atoms with van der Waals surface area (Å²) in [4.78, 5) is 12.8. The van der Waals surface area contributed by atoms with Crippen molar-refractivity contribution < 1.29 is 27.5 Å². The molecule has 1 aliphatic rings. The Hall–Kier alpha value is -2.96. The molecule has 2 atom stereocenters. The van der Waals surface area contributed by atoms with Crippen LogP contribution in [-0.4, -0.2) is 34.4 Å². The molecule has 194 valence electrons. The van der Waals surface area contributed by atoms with E-state index in [0.717, 1.165) is 5.56 Å². The third-order valence-corrected chi connectivity index (χ3v) is 6.17. The SMILES string of the molecule is CC(C)(F)C[C@H](N[C@@H](c1ccc(-c2cccc(C(C)(C)O)c2)cc1)C(F)(F)F)C(=O)NC1(C#N)CC1. The van der Waals surface area contributed by atoms with E-state index in [4.69, 9.17) is 0 Å². The van der Waals surface area contributed by atoms with Crippen molar-refractivity contribution in [1.82, 2.24) is 10.6 Å². The molecule has 1 amide bonds. The van der Waals surface area contributed by atoms with E-state index in [1.54, 1.807) is 38.1 Å². The normalized spacial score (nSPS) is 17.1. The second-order valence-electron chi connectivity index (χ2n) is 10.6. The minimum absolute atomic E-state index is 0.138. The number of hydrogen-bond donors (Lipinski definition) is 3. The van der Waals surface area contributed by atoms with Crippen LogP contribution in [0.4, 0.5) is 17.6 Å². The molecule has 5 nitrogen and oxygen atoms in total. The largest absolute Gasteiger partial charge is 0.407 e. The first-order valence-corrected chi connectivity index (χ1v) is 11.7. The maximum atomic E-state index is 14.5. The summed E-state index contributed by atoms with van der Waals surface area (Å²) < 4.78 is 56.8. The van der Waals surface area contributed by atoms with Crippen LogP contribution in [0.3, 0.4) is 0 Å². The van der Waals surface area contributed by atoms with Crippen LogP contribution in [0.1, 0.15) is 64.1 Å². The Balaban J connectivity index is 1.88. The van der Waals surface area contributed by atoms with E-state index in [2.05, 4.69) is 10.6 Å². The minimum Gasteiger partial charge on any atom is -0.386 e. The zero-order valence-electron chi connectivity index (χ0n) is 20.7. The van der Waals surface area contributed by atoms with Gasteiger partial charge in [0.1, 0.15) is 17.2 Å². The van der Waals surface area contributed by atoms with E-state index in [-0.39, 0.29) is 5.56 Å². The molecule has 2 aromatic carbocycles. The molecule has 1 fully saturated rings. The Bertz CT molecular complexity index is 1120. The quantitative estimate of drug-likeness (QED) is 0.396. The van der Waals surface area contributed by atoms with E-state index < -0.39 is 47.4 Å². The van der Waals surface area contributed by atoms with Crippen LogP contribution in [0.2, 0.25) is 0 Å². The van der Waals surface area contributed by atoms with Gasteiger partial charge in [-0.1, -0.05) is 42.5 Å². The number of benzene rings is 2. The van der Waals surface area contributed by atoms with Crippen molar-refractivity contribution in [2.24, 2.45) is 0 Å². The van der Waals surface area contributed by atoms with Gasteiger partial charge in [0.05, 0.1) is 17.7 Å². The highest BCUT2D eigenvalue weighted by atomic mass is 19.4. The lowest BCUT2D eigenvalue weighted by Crippen LogP contribution is -2.53. The third-order valence-electron chi connectivity index (χ3n) is 6.17. The Kier molecular flexibility index (Phi) is 7.54. The number of halogens is 4. The van der Waals surface area contributed by atoms with Crippen LogP contribution in [0.5, 0.6) is 0 Å². The highest BCUT2D eigenvalue weighted by Gasteiger charge is 2.48. The average molecular weight is 506 g/mol. The van der Waals surface area contributed by atoms with Crippen molar-refractivity contribution in [1.29, 1.82) is 5.26 Å². The molecule has 0 bridgehead atoms. The number of nitrogens with zero attached hydrogens (tertiary/aromatic N) is 1. The van der Waals surface area contributed by atoms with Crippen LogP contribution in [0.15, 0.2) is 48.5 Å². The van der Waals surface area contributed by atoms with E-state index in [1.807, 2.05) is 6.07 Å². The summed E-state index contributed by atoms with van der Waals surface area (Å²) in [5, 5.41) is 24.3. The summed E-state index contributed by atoms with van der Waals surface area (Å²) >= 11 is 0. The number of hydrogen-bond acceptors (Lipinski definition) is 4. The molecule has 0 saturated heterocycles. The molecule has 0 aliphatic heterocycles. The molecule has 3 N–H and O–H groups in total.